The molecule has 1 aliphatic heterocycles. The number of rotatable bonds is 7. The van der Waals surface area contributed by atoms with Crippen molar-refractivity contribution in [1.82, 2.24) is 24.7 Å². The molecule has 128 valence electrons. The normalized spacial score (nSPS) is 18.0. The molecule has 0 aromatic carbocycles. The number of nitrogens with zero attached hydrogens (tertiary/aromatic N) is 4. The molecule has 6 nitrogen and oxygen atoms in total. The van der Waals surface area contributed by atoms with Crippen LogP contribution in [0.15, 0.2) is 37.7 Å². The third-order valence-electron chi connectivity index (χ3n) is 3.90. The molecule has 7 heteroatoms. The van der Waals surface area contributed by atoms with E-state index in [0.29, 0.717) is 19.6 Å². The molecule has 1 atom stereocenters. The average molecular weight is 340 g/mol. The molecule has 1 aliphatic rings. The number of aromatic nitrogens is 2. The molecule has 1 aromatic heterocycles. The first kappa shape index (κ1) is 19.4. The Bertz CT molecular complexity index is 520. The Hall–Kier alpha value is -1.63. The van der Waals surface area contributed by atoms with E-state index < -0.39 is 0 Å². The summed E-state index contributed by atoms with van der Waals surface area (Å²) in [5.41, 5.74) is 0. The fourth-order valence-electron chi connectivity index (χ4n) is 2.75. The van der Waals surface area contributed by atoms with E-state index in [4.69, 9.17) is 0 Å². The van der Waals surface area contributed by atoms with E-state index in [1.807, 2.05) is 17.8 Å². The summed E-state index contributed by atoms with van der Waals surface area (Å²) >= 11 is 0. The number of halogens is 1. The zero-order chi connectivity index (χ0) is 15.9. The highest BCUT2D eigenvalue weighted by atomic mass is 35.5. The Morgan fingerprint density at radius 2 is 2.17 bits per heavy atom. The first-order valence-corrected chi connectivity index (χ1v) is 7.59. The maximum absolute atomic E-state index is 12.5. The van der Waals surface area contributed by atoms with E-state index in [9.17, 15) is 4.79 Å². The van der Waals surface area contributed by atoms with E-state index in [-0.39, 0.29) is 24.4 Å². The quantitative estimate of drug-likeness (QED) is 0.753. The van der Waals surface area contributed by atoms with Gasteiger partial charge < -0.3 is 14.8 Å². The minimum absolute atomic E-state index is 0. The molecule has 1 amide bonds. The summed E-state index contributed by atoms with van der Waals surface area (Å²) in [6.45, 7) is 11.4. The number of piperazine rings is 1. The fraction of sp³-hybridized carbons (Fsp3) is 0.500. The number of hydrogen-bond donors (Lipinski definition) is 1. The second-order valence-corrected chi connectivity index (χ2v) is 5.46. The van der Waals surface area contributed by atoms with Crippen molar-refractivity contribution in [3.8, 4) is 0 Å². The molecule has 0 spiro atoms. The van der Waals surface area contributed by atoms with Gasteiger partial charge in [-0.3, -0.25) is 9.69 Å². The van der Waals surface area contributed by atoms with Crippen LogP contribution >= 0.6 is 12.4 Å². The molecular formula is C16H26ClN5O. The van der Waals surface area contributed by atoms with Crippen molar-refractivity contribution < 1.29 is 4.79 Å². The van der Waals surface area contributed by atoms with Gasteiger partial charge in [0.1, 0.15) is 5.82 Å². The van der Waals surface area contributed by atoms with Gasteiger partial charge in [0.15, 0.2) is 0 Å². The van der Waals surface area contributed by atoms with Crippen LogP contribution in [0.2, 0.25) is 0 Å². The van der Waals surface area contributed by atoms with Crippen LogP contribution in [0.1, 0.15) is 11.9 Å². The van der Waals surface area contributed by atoms with Crippen LogP contribution in [0.5, 0.6) is 0 Å². The topological polar surface area (TPSA) is 53.4 Å². The van der Waals surface area contributed by atoms with Crippen LogP contribution in [-0.4, -0.2) is 64.5 Å². The lowest BCUT2D eigenvalue weighted by Crippen LogP contribution is -2.50. The second-order valence-electron chi connectivity index (χ2n) is 5.46. The highest BCUT2D eigenvalue weighted by Gasteiger charge is 2.29. The van der Waals surface area contributed by atoms with Gasteiger partial charge >= 0.3 is 0 Å². The van der Waals surface area contributed by atoms with Crippen LogP contribution < -0.4 is 5.32 Å². The number of imidazole rings is 1. The molecule has 1 aromatic rings. The van der Waals surface area contributed by atoms with Gasteiger partial charge in [-0.1, -0.05) is 12.2 Å². The van der Waals surface area contributed by atoms with Gasteiger partial charge in [0, 0.05) is 52.2 Å². The van der Waals surface area contributed by atoms with E-state index in [0.717, 1.165) is 25.5 Å². The maximum atomic E-state index is 12.5. The highest BCUT2D eigenvalue weighted by Crippen LogP contribution is 2.20. The Morgan fingerprint density at radius 1 is 1.48 bits per heavy atom. The molecule has 23 heavy (non-hydrogen) atoms. The lowest BCUT2D eigenvalue weighted by molar-refractivity contribution is -0.132. The smallest absolute Gasteiger partial charge is 0.237 e. The highest BCUT2D eigenvalue weighted by molar-refractivity contribution is 5.85. The van der Waals surface area contributed by atoms with Crippen molar-refractivity contribution in [2.24, 2.45) is 7.05 Å². The van der Waals surface area contributed by atoms with Gasteiger partial charge in [-0.05, 0) is 0 Å². The molecule has 1 saturated heterocycles. The fourth-order valence-corrected chi connectivity index (χ4v) is 2.75. The summed E-state index contributed by atoms with van der Waals surface area (Å²) in [4.78, 5) is 20.9. The van der Waals surface area contributed by atoms with E-state index >= 15 is 0 Å². The zero-order valence-corrected chi connectivity index (χ0v) is 14.5. The standard InChI is InChI=1S/C16H25N5O.ClH/c1-4-8-20(9-5-2)15(22)13-21-11-6-17-12-14(21)16-18-7-10-19(16)3;/h4-5,7,10,14,17H,1-2,6,8-9,11-13H2,3H3;1H. The first-order valence-electron chi connectivity index (χ1n) is 7.59. The Balaban J connectivity index is 0.00000264. The third-order valence-corrected chi connectivity index (χ3v) is 3.90. The van der Waals surface area contributed by atoms with Gasteiger partial charge in [-0.15, -0.1) is 25.6 Å². The van der Waals surface area contributed by atoms with E-state index in [1.54, 1.807) is 23.2 Å². The average Bonchev–Trinajstić information content (AvgIpc) is 2.93. The summed E-state index contributed by atoms with van der Waals surface area (Å²) in [5.74, 6) is 1.08. The Morgan fingerprint density at radius 3 is 2.74 bits per heavy atom. The monoisotopic (exact) mass is 339 g/mol. The molecule has 0 bridgehead atoms. The Kier molecular flexibility index (Phi) is 8.02. The van der Waals surface area contributed by atoms with Crippen molar-refractivity contribution in [2.45, 2.75) is 6.04 Å². The largest absolute Gasteiger partial charge is 0.337 e. The lowest BCUT2D eigenvalue weighted by Gasteiger charge is -2.36. The molecule has 0 saturated carbocycles. The number of carbonyl (C=O) groups is 1. The predicted molar refractivity (Wildman–Crippen MR) is 94.6 cm³/mol. The van der Waals surface area contributed by atoms with Crippen molar-refractivity contribution >= 4 is 18.3 Å². The number of amides is 1. The number of carbonyl (C=O) groups excluding carboxylic acids is 1. The molecule has 0 aliphatic carbocycles. The first-order chi connectivity index (χ1) is 10.7. The number of aryl methyl sites for hydroxylation is 1. The van der Waals surface area contributed by atoms with Gasteiger partial charge in [-0.25, -0.2) is 4.98 Å². The van der Waals surface area contributed by atoms with Gasteiger partial charge in [-0.2, -0.15) is 0 Å². The molecule has 2 heterocycles. The summed E-state index contributed by atoms with van der Waals surface area (Å²) in [6.07, 6.45) is 7.22. The summed E-state index contributed by atoms with van der Waals surface area (Å²) in [7, 11) is 1.98. The number of nitrogens with one attached hydrogen (secondary N) is 1. The molecular weight excluding hydrogens is 314 g/mol. The molecule has 2 rings (SSSR count). The van der Waals surface area contributed by atoms with Crippen LogP contribution in [-0.2, 0) is 11.8 Å². The SMILES string of the molecule is C=CCN(CC=C)C(=O)CN1CCNCC1c1nccn1C.Cl. The van der Waals surface area contributed by atoms with E-state index in [1.165, 1.54) is 0 Å². The second kappa shape index (κ2) is 9.50. The van der Waals surface area contributed by atoms with Crippen LogP contribution in [0.3, 0.4) is 0 Å². The lowest BCUT2D eigenvalue weighted by atomic mass is 10.1. The summed E-state index contributed by atoms with van der Waals surface area (Å²) < 4.78 is 2.01. The summed E-state index contributed by atoms with van der Waals surface area (Å²) in [5, 5.41) is 3.38. The molecule has 1 unspecified atom stereocenters. The van der Waals surface area contributed by atoms with Crippen LogP contribution in [0.4, 0.5) is 0 Å². The predicted octanol–water partition coefficient (Wildman–Crippen LogP) is 0.989. The minimum Gasteiger partial charge on any atom is -0.337 e. The zero-order valence-electron chi connectivity index (χ0n) is 13.6. The van der Waals surface area contributed by atoms with Crippen molar-refractivity contribution in [3.05, 3.63) is 43.5 Å². The van der Waals surface area contributed by atoms with Crippen LogP contribution in [0.25, 0.3) is 0 Å². The molecule has 0 radical (unpaired) electrons. The van der Waals surface area contributed by atoms with Gasteiger partial charge in [0.2, 0.25) is 5.91 Å². The molecule has 1 N–H and O–H groups in total. The van der Waals surface area contributed by atoms with Crippen molar-refractivity contribution in [3.63, 3.8) is 0 Å². The van der Waals surface area contributed by atoms with Crippen molar-refractivity contribution in [2.75, 3.05) is 39.3 Å². The maximum Gasteiger partial charge on any atom is 0.237 e. The van der Waals surface area contributed by atoms with Crippen molar-refractivity contribution in [1.29, 1.82) is 0 Å². The van der Waals surface area contributed by atoms with E-state index in [2.05, 4.69) is 28.4 Å². The molecule has 1 fully saturated rings. The van der Waals surface area contributed by atoms with Crippen LogP contribution in [0, 0.1) is 0 Å². The minimum atomic E-state index is 0. The summed E-state index contributed by atoms with van der Waals surface area (Å²) in [6, 6.07) is 0.118. The van der Waals surface area contributed by atoms with Gasteiger partial charge in [0.25, 0.3) is 0 Å². The third kappa shape index (κ3) is 4.92. The van der Waals surface area contributed by atoms with Gasteiger partial charge in [0.05, 0.1) is 12.6 Å². The number of hydrogen-bond acceptors (Lipinski definition) is 4. The Labute approximate surface area is 144 Å².